The van der Waals surface area contributed by atoms with Gasteiger partial charge in [-0.25, -0.2) is 0 Å². The number of nitrogens with two attached hydrogens (primary N) is 1. The fourth-order valence-corrected chi connectivity index (χ4v) is 2.36. The number of hydrogen-bond acceptors (Lipinski definition) is 1. The molecular formula is C18H24IN3. The molecule has 3 N–H and O–H groups in total. The number of halogens is 1. The quantitative estimate of drug-likeness (QED) is 0.452. The smallest absolute Gasteiger partial charge is 0.193 e. The third kappa shape index (κ3) is 5.33. The van der Waals surface area contributed by atoms with E-state index in [9.17, 15) is 0 Å². The molecule has 0 unspecified atom stereocenters. The Kier molecular flexibility index (Phi) is 7.38. The number of guanidine groups is 1. The molecule has 0 heterocycles. The molecule has 0 aliphatic carbocycles. The van der Waals surface area contributed by atoms with Gasteiger partial charge in [-0.15, -0.1) is 24.0 Å². The van der Waals surface area contributed by atoms with E-state index >= 15 is 0 Å². The Morgan fingerprint density at radius 3 is 2.18 bits per heavy atom. The first kappa shape index (κ1) is 18.5. The zero-order valence-corrected chi connectivity index (χ0v) is 15.7. The van der Waals surface area contributed by atoms with Gasteiger partial charge >= 0.3 is 0 Å². The summed E-state index contributed by atoms with van der Waals surface area (Å²) in [5, 5.41) is 3.11. The van der Waals surface area contributed by atoms with Crippen molar-refractivity contribution in [3.8, 4) is 0 Å². The van der Waals surface area contributed by atoms with Crippen molar-refractivity contribution in [1.82, 2.24) is 0 Å². The maximum Gasteiger partial charge on any atom is 0.193 e. The number of rotatable bonds is 4. The standard InChI is InChI=1S/C18H23N3.HI/c1-13-7-9-16(10-8-13)21-18(19)20-12-11-17-14(2)5-4-6-15(17)3;/h4-10H,11-12H2,1-3H3,(H3,19,20,21);1H. The monoisotopic (exact) mass is 409 g/mol. The molecule has 118 valence electrons. The molecule has 0 aromatic heterocycles. The van der Waals surface area contributed by atoms with Gasteiger partial charge in [-0.2, -0.15) is 0 Å². The first-order valence-electron chi connectivity index (χ1n) is 7.25. The number of aliphatic imine (C=N–C) groups is 1. The maximum absolute atomic E-state index is 5.92. The zero-order valence-electron chi connectivity index (χ0n) is 13.4. The van der Waals surface area contributed by atoms with E-state index in [1.807, 2.05) is 24.3 Å². The van der Waals surface area contributed by atoms with Crippen molar-refractivity contribution >= 4 is 35.6 Å². The summed E-state index contributed by atoms with van der Waals surface area (Å²) in [6, 6.07) is 14.5. The van der Waals surface area contributed by atoms with Crippen LogP contribution in [0.5, 0.6) is 0 Å². The van der Waals surface area contributed by atoms with Crippen molar-refractivity contribution in [2.75, 3.05) is 11.9 Å². The average molecular weight is 409 g/mol. The highest BCUT2D eigenvalue weighted by Gasteiger charge is 2.01. The lowest BCUT2D eigenvalue weighted by atomic mass is 10.0. The minimum atomic E-state index is 0. The van der Waals surface area contributed by atoms with Crippen LogP contribution in [0.4, 0.5) is 5.69 Å². The summed E-state index contributed by atoms with van der Waals surface area (Å²) < 4.78 is 0. The fourth-order valence-electron chi connectivity index (χ4n) is 2.36. The fraction of sp³-hybridized carbons (Fsp3) is 0.278. The van der Waals surface area contributed by atoms with E-state index in [4.69, 9.17) is 5.73 Å². The van der Waals surface area contributed by atoms with Gasteiger partial charge in [0.1, 0.15) is 0 Å². The lowest BCUT2D eigenvalue weighted by Crippen LogP contribution is -2.23. The first-order chi connectivity index (χ1) is 10.1. The largest absolute Gasteiger partial charge is 0.370 e. The van der Waals surface area contributed by atoms with Crippen molar-refractivity contribution in [2.24, 2.45) is 10.7 Å². The van der Waals surface area contributed by atoms with Gasteiger partial charge in [-0.05, 0) is 56.0 Å². The molecule has 0 spiro atoms. The first-order valence-corrected chi connectivity index (χ1v) is 7.25. The van der Waals surface area contributed by atoms with Crippen molar-refractivity contribution in [2.45, 2.75) is 27.2 Å². The lowest BCUT2D eigenvalue weighted by Gasteiger charge is -2.09. The van der Waals surface area contributed by atoms with Gasteiger partial charge in [0.2, 0.25) is 0 Å². The van der Waals surface area contributed by atoms with Crippen LogP contribution < -0.4 is 11.1 Å². The van der Waals surface area contributed by atoms with Gasteiger partial charge in [0.05, 0.1) is 0 Å². The Morgan fingerprint density at radius 1 is 1.00 bits per heavy atom. The summed E-state index contributed by atoms with van der Waals surface area (Å²) in [6.07, 6.45) is 0.911. The Labute approximate surface area is 150 Å². The molecule has 3 nitrogen and oxygen atoms in total. The molecule has 0 bridgehead atoms. The van der Waals surface area contributed by atoms with E-state index in [0.717, 1.165) is 12.1 Å². The number of hydrogen-bond donors (Lipinski definition) is 2. The molecule has 0 saturated heterocycles. The molecule has 22 heavy (non-hydrogen) atoms. The molecular weight excluding hydrogens is 385 g/mol. The second-order valence-electron chi connectivity index (χ2n) is 5.38. The predicted octanol–water partition coefficient (Wildman–Crippen LogP) is 4.20. The Morgan fingerprint density at radius 2 is 1.59 bits per heavy atom. The second-order valence-corrected chi connectivity index (χ2v) is 5.38. The van der Waals surface area contributed by atoms with Crippen molar-refractivity contribution in [1.29, 1.82) is 0 Å². The van der Waals surface area contributed by atoms with Crippen LogP contribution in [0.3, 0.4) is 0 Å². The SMILES string of the molecule is Cc1ccc(NC(N)=NCCc2c(C)cccc2C)cc1.I. The molecule has 0 radical (unpaired) electrons. The van der Waals surface area contributed by atoms with Crippen LogP contribution in [-0.4, -0.2) is 12.5 Å². The molecule has 0 fully saturated rings. The highest BCUT2D eigenvalue weighted by molar-refractivity contribution is 14.0. The molecule has 0 aliphatic rings. The predicted molar refractivity (Wildman–Crippen MR) is 106 cm³/mol. The van der Waals surface area contributed by atoms with Gasteiger partial charge in [0, 0.05) is 12.2 Å². The van der Waals surface area contributed by atoms with Gasteiger partial charge in [0.15, 0.2) is 5.96 Å². The zero-order chi connectivity index (χ0) is 15.2. The highest BCUT2D eigenvalue weighted by atomic mass is 127. The van der Waals surface area contributed by atoms with E-state index in [1.54, 1.807) is 0 Å². The molecule has 0 saturated carbocycles. The summed E-state index contributed by atoms with van der Waals surface area (Å²) in [7, 11) is 0. The maximum atomic E-state index is 5.92. The molecule has 0 aliphatic heterocycles. The van der Waals surface area contributed by atoms with Crippen molar-refractivity contribution in [3.63, 3.8) is 0 Å². The topological polar surface area (TPSA) is 50.4 Å². The number of nitrogens with zero attached hydrogens (tertiary/aromatic N) is 1. The minimum Gasteiger partial charge on any atom is -0.370 e. The molecule has 2 aromatic carbocycles. The van der Waals surface area contributed by atoms with Gasteiger partial charge in [-0.1, -0.05) is 35.9 Å². The van der Waals surface area contributed by atoms with E-state index in [-0.39, 0.29) is 24.0 Å². The van der Waals surface area contributed by atoms with Crippen LogP contribution in [0.15, 0.2) is 47.5 Å². The second kappa shape index (κ2) is 8.78. The summed E-state index contributed by atoms with van der Waals surface area (Å²) in [4.78, 5) is 4.40. The van der Waals surface area contributed by atoms with Crippen LogP contribution in [-0.2, 0) is 6.42 Å². The molecule has 2 aromatic rings. The van der Waals surface area contributed by atoms with Crippen molar-refractivity contribution < 1.29 is 0 Å². The molecule has 4 heteroatoms. The van der Waals surface area contributed by atoms with Crippen LogP contribution >= 0.6 is 24.0 Å². The Balaban J connectivity index is 0.00000242. The normalized spacial score (nSPS) is 11.0. The van der Waals surface area contributed by atoms with E-state index < -0.39 is 0 Å². The van der Waals surface area contributed by atoms with Crippen LogP contribution in [0.2, 0.25) is 0 Å². The number of aryl methyl sites for hydroxylation is 3. The highest BCUT2D eigenvalue weighted by Crippen LogP contribution is 2.14. The van der Waals surface area contributed by atoms with Gasteiger partial charge in [-0.3, -0.25) is 4.99 Å². The summed E-state index contributed by atoms with van der Waals surface area (Å²) in [6.45, 7) is 7.03. The number of nitrogens with one attached hydrogen (secondary N) is 1. The van der Waals surface area contributed by atoms with Gasteiger partial charge < -0.3 is 11.1 Å². The van der Waals surface area contributed by atoms with Crippen LogP contribution in [0.1, 0.15) is 22.3 Å². The van der Waals surface area contributed by atoms with Crippen LogP contribution in [0.25, 0.3) is 0 Å². The van der Waals surface area contributed by atoms with Crippen LogP contribution in [0, 0.1) is 20.8 Å². The van der Waals surface area contributed by atoms with E-state index in [1.165, 1.54) is 22.3 Å². The van der Waals surface area contributed by atoms with Crippen molar-refractivity contribution in [3.05, 3.63) is 64.7 Å². The third-order valence-corrected chi connectivity index (χ3v) is 3.61. The summed E-state index contributed by atoms with van der Waals surface area (Å²) in [5.74, 6) is 0.463. The minimum absolute atomic E-state index is 0. The number of anilines is 1. The average Bonchev–Trinajstić information content (AvgIpc) is 2.45. The molecule has 2 rings (SSSR count). The van der Waals surface area contributed by atoms with Gasteiger partial charge in [0.25, 0.3) is 0 Å². The molecule has 0 atom stereocenters. The summed E-state index contributed by atoms with van der Waals surface area (Å²) in [5.41, 5.74) is 12.1. The lowest BCUT2D eigenvalue weighted by molar-refractivity contribution is 0.943. The molecule has 0 amide bonds. The Hall–Kier alpha value is -1.56. The van der Waals surface area contributed by atoms with E-state index in [2.05, 4.69) is 49.3 Å². The number of benzene rings is 2. The summed E-state index contributed by atoms with van der Waals surface area (Å²) >= 11 is 0. The Bertz CT molecular complexity index is 613. The van der Waals surface area contributed by atoms with E-state index in [0.29, 0.717) is 12.5 Å². The third-order valence-electron chi connectivity index (χ3n) is 3.61.